The molecule has 7 heteroatoms. The van der Waals surface area contributed by atoms with E-state index < -0.39 is 5.97 Å². The molecule has 2 aromatic heterocycles. The lowest BCUT2D eigenvalue weighted by molar-refractivity contribution is 0.0696. The summed E-state index contributed by atoms with van der Waals surface area (Å²) in [5.74, 6) is 0.307. The predicted octanol–water partition coefficient (Wildman–Crippen LogP) is 6.41. The zero-order valence-electron chi connectivity index (χ0n) is 15.3. The fourth-order valence-electron chi connectivity index (χ4n) is 2.95. The third kappa shape index (κ3) is 3.44. The number of azo groups is 1. The van der Waals surface area contributed by atoms with Gasteiger partial charge in [-0.15, -0.1) is 5.11 Å². The van der Waals surface area contributed by atoms with E-state index in [-0.39, 0.29) is 11.6 Å². The van der Waals surface area contributed by atoms with Crippen LogP contribution in [0.5, 0.6) is 0 Å². The van der Waals surface area contributed by atoms with Gasteiger partial charge in [0.1, 0.15) is 17.6 Å². The first-order valence-electron chi connectivity index (χ1n) is 8.72. The summed E-state index contributed by atoms with van der Waals surface area (Å²) in [6.07, 6.45) is 0. The summed E-state index contributed by atoms with van der Waals surface area (Å²) in [5, 5.41) is 18.5. The Morgan fingerprint density at radius 3 is 2.75 bits per heavy atom. The Morgan fingerprint density at radius 1 is 1.14 bits per heavy atom. The third-order valence-corrected chi connectivity index (χ3v) is 5.39. The maximum Gasteiger partial charge on any atom is 0.335 e. The maximum atomic E-state index is 11.3. The van der Waals surface area contributed by atoms with Crippen LogP contribution in [0.1, 0.15) is 34.6 Å². The highest BCUT2D eigenvalue weighted by Gasteiger charge is 2.16. The van der Waals surface area contributed by atoms with Crippen molar-refractivity contribution < 1.29 is 14.3 Å². The van der Waals surface area contributed by atoms with Crippen LogP contribution < -0.4 is 0 Å². The molecular weight excluding hydrogens is 374 g/mol. The number of aromatic nitrogens is 1. The number of thiazole rings is 1. The number of benzene rings is 2. The van der Waals surface area contributed by atoms with Crippen molar-refractivity contribution in [2.75, 3.05) is 0 Å². The molecule has 1 unspecified atom stereocenters. The van der Waals surface area contributed by atoms with Crippen molar-refractivity contribution in [2.45, 2.75) is 19.9 Å². The molecule has 1 atom stereocenters. The number of carboxylic acid groups (broad SMARTS) is 1. The van der Waals surface area contributed by atoms with Gasteiger partial charge in [-0.2, -0.15) is 5.11 Å². The van der Waals surface area contributed by atoms with Crippen LogP contribution in [0, 0.1) is 6.92 Å². The lowest BCUT2D eigenvalue weighted by Gasteiger charge is -2.06. The van der Waals surface area contributed by atoms with Gasteiger partial charge in [0.25, 0.3) is 0 Å². The van der Waals surface area contributed by atoms with Gasteiger partial charge in [-0.05, 0) is 49.7 Å². The molecule has 4 rings (SSSR count). The second kappa shape index (κ2) is 7.36. The van der Waals surface area contributed by atoms with Crippen LogP contribution in [0.4, 0.5) is 5.13 Å². The normalized spacial score (nSPS) is 12.6. The van der Waals surface area contributed by atoms with Crippen LogP contribution in [-0.2, 0) is 0 Å². The van der Waals surface area contributed by atoms with Crippen molar-refractivity contribution in [3.05, 3.63) is 71.5 Å². The summed E-state index contributed by atoms with van der Waals surface area (Å²) in [4.78, 5) is 15.8. The first kappa shape index (κ1) is 18.1. The molecule has 0 radical (unpaired) electrons. The average Bonchev–Trinajstić information content (AvgIpc) is 3.33. The molecular formula is C21H17N3O3S. The molecule has 0 saturated heterocycles. The van der Waals surface area contributed by atoms with Gasteiger partial charge in [-0.25, -0.2) is 9.78 Å². The van der Waals surface area contributed by atoms with Crippen LogP contribution in [0.3, 0.4) is 0 Å². The third-order valence-electron chi connectivity index (χ3n) is 4.47. The van der Waals surface area contributed by atoms with E-state index in [4.69, 9.17) is 4.42 Å². The van der Waals surface area contributed by atoms with E-state index in [1.54, 1.807) is 19.1 Å². The quantitative estimate of drug-likeness (QED) is 0.398. The zero-order chi connectivity index (χ0) is 19.7. The lowest BCUT2D eigenvalue weighted by Crippen LogP contribution is -2.00. The number of hydrogen-bond donors (Lipinski definition) is 1. The Morgan fingerprint density at radius 2 is 1.96 bits per heavy atom. The molecule has 0 bridgehead atoms. The van der Waals surface area contributed by atoms with Crippen molar-refractivity contribution in [1.29, 1.82) is 0 Å². The Bertz CT molecular complexity index is 1160. The molecule has 0 amide bonds. The smallest absolute Gasteiger partial charge is 0.335 e. The topological polar surface area (TPSA) is 88.0 Å². The minimum absolute atomic E-state index is 0.263. The fourth-order valence-corrected chi connectivity index (χ4v) is 3.75. The number of carboxylic acids is 1. The second-order valence-electron chi connectivity index (χ2n) is 6.34. The van der Waals surface area contributed by atoms with Gasteiger partial charge in [0, 0.05) is 5.56 Å². The molecule has 28 heavy (non-hydrogen) atoms. The second-order valence-corrected chi connectivity index (χ2v) is 7.35. The van der Waals surface area contributed by atoms with Crippen LogP contribution in [0.2, 0.25) is 0 Å². The summed E-state index contributed by atoms with van der Waals surface area (Å²) >= 11 is 1.49. The summed E-state index contributed by atoms with van der Waals surface area (Å²) in [5.41, 5.74) is 2.59. The van der Waals surface area contributed by atoms with Crippen LogP contribution in [0.15, 0.2) is 69.2 Å². The van der Waals surface area contributed by atoms with Crippen LogP contribution >= 0.6 is 11.3 Å². The number of aromatic carboxylic acids is 1. The van der Waals surface area contributed by atoms with E-state index in [1.807, 2.05) is 49.4 Å². The molecule has 140 valence electrons. The first-order chi connectivity index (χ1) is 13.5. The average molecular weight is 391 g/mol. The standard InChI is InChI=1S/C21H17N3O3S/c1-12-14(6-5-7-15(12)20(25)26)18-11-10-17(27-18)13(2)23-24-21-22-16-8-3-4-9-19(16)28-21/h3-11,13H,1-2H3,(H,25,26). The van der Waals surface area contributed by atoms with E-state index in [2.05, 4.69) is 15.2 Å². The largest absolute Gasteiger partial charge is 0.478 e. The minimum atomic E-state index is -0.955. The molecule has 2 aromatic carbocycles. The van der Waals surface area contributed by atoms with E-state index >= 15 is 0 Å². The van der Waals surface area contributed by atoms with E-state index in [1.165, 1.54) is 11.3 Å². The number of hydrogen-bond acceptors (Lipinski definition) is 6. The fraction of sp³-hybridized carbons (Fsp3) is 0.143. The number of carbonyl (C=O) groups is 1. The molecule has 0 fully saturated rings. The van der Waals surface area contributed by atoms with Gasteiger partial charge >= 0.3 is 5.97 Å². The highest BCUT2D eigenvalue weighted by Crippen LogP contribution is 2.32. The van der Waals surface area contributed by atoms with E-state index in [0.29, 0.717) is 22.2 Å². The molecule has 1 N–H and O–H groups in total. The van der Waals surface area contributed by atoms with Gasteiger partial charge in [0.05, 0.1) is 15.8 Å². The lowest BCUT2D eigenvalue weighted by atomic mass is 10.0. The Labute approximate surface area is 165 Å². The van der Waals surface area contributed by atoms with Crippen molar-refractivity contribution in [1.82, 2.24) is 4.98 Å². The van der Waals surface area contributed by atoms with Gasteiger partial charge in [-0.1, -0.05) is 35.6 Å². The van der Waals surface area contributed by atoms with E-state index in [9.17, 15) is 9.90 Å². The molecule has 6 nitrogen and oxygen atoms in total. The summed E-state index contributed by atoms with van der Waals surface area (Å²) in [7, 11) is 0. The van der Waals surface area contributed by atoms with Gasteiger partial charge in [0.2, 0.25) is 5.13 Å². The van der Waals surface area contributed by atoms with Gasteiger partial charge < -0.3 is 9.52 Å². The number of furan rings is 1. The Balaban J connectivity index is 1.57. The number of rotatable bonds is 5. The molecule has 4 aromatic rings. The molecule has 2 heterocycles. The summed E-state index contributed by atoms with van der Waals surface area (Å²) in [6.45, 7) is 3.66. The highest BCUT2D eigenvalue weighted by atomic mass is 32.1. The highest BCUT2D eigenvalue weighted by molar-refractivity contribution is 7.21. The number of fused-ring (bicyclic) bond motifs is 1. The van der Waals surface area contributed by atoms with Gasteiger partial charge in [0.15, 0.2) is 0 Å². The van der Waals surface area contributed by atoms with Crippen molar-refractivity contribution in [2.24, 2.45) is 10.2 Å². The van der Waals surface area contributed by atoms with Crippen molar-refractivity contribution in [3.63, 3.8) is 0 Å². The molecule has 0 saturated carbocycles. The molecule has 0 spiro atoms. The minimum Gasteiger partial charge on any atom is -0.478 e. The van der Waals surface area contributed by atoms with E-state index in [0.717, 1.165) is 15.8 Å². The Kier molecular flexibility index (Phi) is 4.75. The summed E-state index contributed by atoms with van der Waals surface area (Å²) < 4.78 is 7.00. The predicted molar refractivity (Wildman–Crippen MR) is 108 cm³/mol. The number of nitrogens with zero attached hydrogens (tertiary/aromatic N) is 3. The van der Waals surface area contributed by atoms with Crippen LogP contribution in [-0.4, -0.2) is 16.1 Å². The molecule has 0 aliphatic heterocycles. The monoisotopic (exact) mass is 391 g/mol. The molecule has 0 aliphatic carbocycles. The molecule has 0 aliphatic rings. The van der Waals surface area contributed by atoms with Gasteiger partial charge in [-0.3, -0.25) is 0 Å². The Hall–Kier alpha value is -3.32. The zero-order valence-corrected chi connectivity index (χ0v) is 16.1. The summed E-state index contributed by atoms with van der Waals surface area (Å²) in [6, 6.07) is 16.4. The maximum absolute atomic E-state index is 11.3. The van der Waals surface area contributed by atoms with Crippen molar-refractivity contribution in [3.8, 4) is 11.3 Å². The SMILES string of the molecule is Cc1c(C(=O)O)cccc1-c1ccc(C(C)N=Nc2nc3ccccc3s2)o1. The van der Waals surface area contributed by atoms with Crippen molar-refractivity contribution >= 4 is 32.7 Å². The number of para-hydroxylation sites is 1. The first-order valence-corrected chi connectivity index (χ1v) is 9.54. The van der Waals surface area contributed by atoms with Crippen LogP contribution in [0.25, 0.3) is 21.5 Å².